The van der Waals surface area contributed by atoms with Gasteiger partial charge in [0.25, 0.3) is 0 Å². The number of rotatable bonds is 2. The van der Waals surface area contributed by atoms with E-state index in [2.05, 4.69) is 18.0 Å². The van der Waals surface area contributed by atoms with Gasteiger partial charge in [-0.05, 0) is 36.2 Å². The minimum absolute atomic E-state index is 0.883. The van der Waals surface area contributed by atoms with Crippen molar-refractivity contribution < 1.29 is 4.74 Å². The van der Waals surface area contributed by atoms with E-state index in [1.165, 1.54) is 5.56 Å². The molecule has 0 radical (unpaired) electrons. The molecule has 0 aliphatic carbocycles. The summed E-state index contributed by atoms with van der Waals surface area (Å²) in [6, 6.07) is 10.1. The number of aromatic nitrogens is 1. The first-order chi connectivity index (χ1) is 7.29. The Morgan fingerprint density at radius 1 is 1.13 bits per heavy atom. The minimum Gasteiger partial charge on any atom is -0.497 e. The zero-order valence-corrected chi connectivity index (χ0v) is 8.90. The van der Waals surface area contributed by atoms with E-state index in [1.807, 2.05) is 30.5 Å². The summed E-state index contributed by atoms with van der Waals surface area (Å²) in [6.07, 6.45) is 3.63. The number of methoxy groups -OCH3 is 1. The van der Waals surface area contributed by atoms with Gasteiger partial charge in [0.15, 0.2) is 0 Å². The van der Waals surface area contributed by atoms with E-state index in [4.69, 9.17) is 4.74 Å². The molecule has 0 bridgehead atoms. The highest BCUT2D eigenvalue weighted by Gasteiger charge is 2.00. The molecule has 0 N–H and O–H groups in total. The van der Waals surface area contributed by atoms with Crippen molar-refractivity contribution in [3.63, 3.8) is 0 Å². The lowest BCUT2D eigenvalue weighted by atomic mass is 10.1. The number of hydrogen-bond acceptors (Lipinski definition) is 2. The molecule has 1 heterocycles. The van der Waals surface area contributed by atoms with Crippen LogP contribution in [-0.2, 0) is 0 Å². The Hall–Kier alpha value is -1.83. The van der Waals surface area contributed by atoms with E-state index in [9.17, 15) is 0 Å². The lowest BCUT2D eigenvalue weighted by molar-refractivity contribution is 0.414. The van der Waals surface area contributed by atoms with Crippen molar-refractivity contribution >= 4 is 0 Å². The molecular weight excluding hydrogens is 186 g/mol. The molecule has 15 heavy (non-hydrogen) atoms. The van der Waals surface area contributed by atoms with E-state index in [0.29, 0.717) is 0 Å². The van der Waals surface area contributed by atoms with Crippen LogP contribution in [0.5, 0.6) is 5.75 Å². The van der Waals surface area contributed by atoms with Gasteiger partial charge < -0.3 is 4.74 Å². The highest BCUT2D eigenvalue weighted by atomic mass is 16.5. The maximum atomic E-state index is 5.24. The van der Waals surface area contributed by atoms with Crippen LogP contribution < -0.4 is 4.74 Å². The van der Waals surface area contributed by atoms with Gasteiger partial charge in [0.05, 0.1) is 7.11 Å². The molecule has 2 aromatic rings. The summed E-state index contributed by atoms with van der Waals surface area (Å²) >= 11 is 0. The summed E-state index contributed by atoms with van der Waals surface area (Å²) in [4.78, 5) is 4.11. The summed E-state index contributed by atoms with van der Waals surface area (Å²) in [7, 11) is 1.68. The van der Waals surface area contributed by atoms with Gasteiger partial charge in [-0.3, -0.25) is 4.98 Å². The first-order valence-electron chi connectivity index (χ1n) is 4.85. The van der Waals surface area contributed by atoms with Crippen LogP contribution in [0.3, 0.4) is 0 Å². The molecule has 0 spiro atoms. The van der Waals surface area contributed by atoms with E-state index in [0.717, 1.165) is 16.9 Å². The highest BCUT2D eigenvalue weighted by Crippen LogP contribution is 2.24. The molecule has 0 unspecified atom stereocenters. The fourth-order valence-electron chi connectivity index (χ4n) is 1.57. The quantitative estimate of drug-likeness (QED) is 0.741. The summed E-state index contributed by atoms with van der Waals surface area (Å²) in [5.74, 6) is 0.883. The fourth-order valence-corrected chi connectivity index (χ4v) is 1.57. The van der Waals surface area contributed by atoms with Crippen molar-refractivity contribution in [2.45, 2.75) is 6.92 Å². The largest absolute Gasteiger partial charge is 0.497 e. The highest BCUT2D eigenvalue weighted by molar-refractivity contribution is 5.65. The van der Waals surface area contributed by atoms with Crippen LogP contribution >= 0.6 is 0 Å². The third-order valence-corrected chi connectivity index (χ3v) is 2.28. The van der Waals surface area contributed by atoms with Gasteiger partial charge in [0.1, 0.15) is 5.75 Å². The number of benzene rings is 1. The first kappa shape index (κ1) is 9.71. The monoisotopic (exact) mass is 199 g/mol. The van der Waals surface area contributed by atoms with Crippen LogP contribution in [0.1, 0.15) is 5.56 Å². The molecule has 0 aliphatic heterocycles. The van der Waals surface area contributed by atoms with Gasteiger partial charge in [-0.25, -0.2) is 0 Å². The van der Waals surface area contributed by atoms with Crippen LogP contribution in [0.4, 0.5) is 0 Å². The predicted octanol–water partition coefficient (Wildman–Crippen LogP) is 3.07. The molecule has 0 saturated carbocycles. The van der Waals surface area contributed by atoms with Crippen molar-refractivity contribution in [3.8, 4) is 16.9 Å². The Bertz CT molecular complexity index is 451. The van der Waals surface area contributed by atoms with Crippen molar-refractivity contribution in [3.05, 3.63) is 48.3 Å². The minimum atomic E-state index is 0.883. The molecule has 1 aromatic carbocycles. The smallest absolute Gasteiger partial charge is 0.119 e. The molecule has 2 nitrogen and oxygen atoms in total. The van der Waals surface area contributed by atoms with E-state index in [-0.39, 0.29) is 0 Å². The molecule has 2 heteroatoms. The third kappa shape index (κ3) is 2.15. The number of hydrogen-bond donors (Lipinski definition) is 0. The molecule has 2 rings (SSSR count). The standard InChI is InChI=1S/C13H13NO/c1-10-6-12(8-13(7-10)15-2)11-4-3-5-14-9-11/h3-9H,1-2H3. The SMILES string of the molecule is COc1cc(C)cc(-c2cccnc2)c1. The maximum absolute atomic E-state index is 5.24. The normalized spacial score (nSPS) is 10.0. The Morgan fingerprint density at radius 2 is 2.00 bits per heavy atom. The molecular formula is C13H13NO. The van der Waals surface area contributed by atoms with Crippen molar-refractivity contribution in [1.82, 2.24) is 4.98 Å². The average molecular weight is 199 g/mol. The summed E-state index contributed by atoms with van der Waals surface area (Å²) in [5, 5.41) is 0. The summed E-state index contributed by atoms with van der Waals surface area (Å²) in [6.45, 7) is 2.06. The zero-order valence-electron chi connectivity index (χ0n) is 8.90. The zero-order chi connectivity index (χ0) is 10.7. The second kappa shape index (κ2) is 4.13. The lowest BCUT2D eigenvalue weighted by Gasteiger charge is -2.06. The van der Waals surface area contributed by atoms with Gasteiger partial charge in [-0.1, -0.05) is 12.1 Å². The Morgan fingerprint density at radius 3 is 2.67 bits per heavy atom. The predicted molar refractivity (Wildman–Crippen MR) is 61.0 cm³/mol. The van der Waals surface area contributed by atoms with Gasteiger partial charge in [-0.2, -0.15) is 0 Å². The molecule has 0 atom stereocenters. The van der Waals surface area contributed by atoms with Crippen molar-refractivity contribution in [2.75, 3.05) is 7.11 Å². The van der Waals surface area contributed by atoms with E-state index >= 15 is 0 Å². The third-order valence-electron chi connectivity index (χ3n) is 2.28. The van der Waals surface area contributed by atoms with Crippen LogP contribution in [-0.4, -0.2) is 12.1 Å². The Balaban J connectivity index is 2.49. The van der Waals surface area contributed by atoms with Crippen molar-refractivity contribution in [1.29, 1.82) is 0 Å². The Kier molecular flexibility index (Phi) is 2.68. The lowest BCUT2D eigenvalue weighted by Crippen LogP contribution is -1.86. The number of pyridine rings is 1. The maximum Gasteiger partial charge on any atom is 0.119 e. The number of aryl methyl sites for hydroxylation is 1. The molecule has 0 saturated heterocycles. The molecule has 76 valence electrons. The Labute approximate surface area is 89.6 Å². The van der Waals surface area contributed by atoms with Crippen LogP contribution in [0.25, 0.3) is 11.1 Å². The van der Waals surface area contributed by atoms with Gasteiger partial charge >= 0.3 is 0 Å². The van der Waals surface area contributed by atoms with Crippen LogP contribution in [0, 0.1) is 6.92 Å². The summed E-state index contributed by atoms with van der Waals surface area (Å²) < 4.78 is 5.24. The molecule has 0 fully saturated rings. The summed E-state index contributed by atoms with van der Waals surface area (Å²) in [5.41, 5.74) is 3.44. The van der Waals surface area contributed by atoms with E-state index < -0.39 is 0 Å². The number of ether oxygens (including phenoxy) is 1. The first-order valence-corrected chi connectivity index (χ1v) is 4.85. The second-order valence-corrected chi connectivity index (χ2v) is 3.48. The van der Waals surface area contributed by atoms with Crippen LogP contribution in [0.15, 0.2) is 42.7 Å². The van der Waals surface area contributed by atoms with Gasteiger partial charge in [-0.15, -0.1) is 0 Å². The molecule has 0 amide bonds. The van der Waals surface area contributed by atoms with E-state index in [1.54, 1.807) is 13.3 Å². The molecule has 1 aromatic heterocycles. The van der Waals surface area contributed by atoms with Gasteiger partial charge in [0, 0.05) is 18.0 Å². The van der Waals surface area contributed by atoms with Gasteiger partial charge in [0.2, 0.25) is 0 Å². The average Bonchev–Trinajstić information content (AvgIpc) is 2.29. The number of nitrogens with zero attached hydrogens (tertiary/aromatic N) is 1. The van der Waals surface area contributed by atoms with Crippen molar-refractivity contribution in [2.24, 2.45) is 0 Å². The fraction of sp³-hybridized carbons (Fsp3) is 0.154. The molecule has 0 aliphatic rings. The van der Waals surface area contributed by atoms with Crippen LogP contribution in [0.2, 0.25) is 0 Å². The topological polar surface area (TPSA) is 22.1 Å². The second-order valence-electron chi connectivity index (χ2n) is 3.48.